The fourth-order valence-electron chi connectivity index (χ4n) is 2.42. The Labute approximate surface area is 129 Å². The lowest BCUT2D eigenvalue weighted by Crippen LogP contribution is -2.05. The lowest BCUT2D eigenvalue weighted by atomic mass is 10.0. The van der Waals surface area contributed by atoms with Gasteiger partial charge in [-0.2, -0.15) is 0 Å². The summed E-state index contributed by atoms with van der Waals surface area (Å²) >= 11 is 0. The van der Waals surface area contributed by atoms with E-state index in [-0.39, 0.29) is 0 Å². The molecule has 21 heavy (non-hydrogen) atoms. The molecular weight excluding hydrogens is 260 g/mol. The van der Waals surface area contributed by atoms with Gasteiger partial charge in [-0.15, -0.1) is 0 Å². The molecule has 4 heteroatoms. The minimum Gasteiger partial charge on any atom is -0.351 e. The maximum atomic E-state index is 4.12. The number of aromatic nitrogens is 4. The number of hydrogen-bond acceptors (Lipinski definition) is 2. The summed E-state index contributed by atoms with van der Waals surface area (Å²) in [7, 11) is 0. The van der Waals surface area contributed by atoms with E-state index in [1.54, 1.807) is 18.7 Å². The van der Waals surface area contributed by atoms with Crippen molar-refractivity contribution in [2.24, 2.45) is 0 Å². The minimum absolute atomic E-state index is 0.661. The second-order valence-electron chi connectivity index (χ2n) is 5.39. The summed E-state index contributed by atoms with van der Waals surface area (Å²) in [6.45, 7) is 4.54. The summed E-state index contributed by atoms with van der Waals surface area (Å²) in [6, 6.07) is 0.661. The fourth-order valence-corrected chi connectivity index (χ4v) is 2.42. The smallest absolute Gasteiger partial charge is 0.0948 e. The van der Waals surface area contributed by atoms with Gasteiger partial charge in [0.25, 0.3) is 0 Å². The number of hydrogen-bond donors (Lipinski definition) is 1. The number of nitrogens with zero attached hydrogens (tertiary/aromatic N) is 3. The van der Waals surface area contributed by atoms with Crippen molar-refractivity contribution in [3.05, 3.63) is 37.4 Å². The molecule has 0 aliphatic heterocycles. The molecule has 0 radical (unpaired) electrons. The topological polar surface area (TPSA) is 46.5 Å². The van der Waals surface area contributed by atoms with Gasteiger partial charge in [-0.25, -0.2) is 9.97 Å². The van der Waals surface area contributed by atoms with Gasteiger partial charge in [0.2, 0.25) is 0 Å². The first-order valence-electron chi connectivity index (χ1n) is 8.28. The van der Waals surface area contributed by atoms with Crippen LogP contribution in [0.2, 0.25) is 0 Å². The number of imidazole rings is 2. The summed E-state index contributed by atoms with van der Waals surface area (Å²) in [5.41, 5.74) is 0. The van der Waals surface area contributed by atoms with Gasteiger partial charge in [0, 0.05) is 30.8 Å². The van der Waals surface area contributed by atoms with Crippen molar-refractivity contribution in [2.45, 2.75) is 71.3 Å². The minimum atomic E-state index is 0.661. The van der Waals surface area contributed by atoms with Gasteiger partial charge in [0.1, 0.15) is 0 Å². The largest absolute Gasteiger partial charge is 0.351 e. The Hall–Kier alpha value is -1.58. The van der Waals surface area contributed by atoms with Gasteiger partial charge in [-0.05, 0) is 12.8 Å². The van der Waals surface area contributed by atoms with E-state index in [1.807, 2.05) is 12.5 Å². The fraction of sp³-hybridized carbons (Fsp3) is 0.647. The van der Waals surface area contributed by atoms with Gasteiger partial charge >= 0.3 is 0 Å². The van der Waals surface area contributed by atoms with E-state index in [1.165, 1.54) is 51.4 Å². The van der Waals surface area contributed by atoms with Crippen LogP contribution >= 0.6 is 0 Å². The quantitative estimate of drug-likeness (QED) is 0.661. The zero-order valence-electron chi connectivity index (χ0n) is 13.5. The van der Waals surface area contributed by atoms with Crippen LogP contribution in [0.5, 0.6) is 0 Å². The van der Waals surface area contributed by atoms with Crippen LogP contribution in [0.25, 0.3) is 0 Å². The van der Waals surface area contributed by atoms with Crippen LogP contribution in [0.1, 0.15) is 71.3 Å². The number of unbranched alkanes of at least 4 members (excludes halogenated alkanes) is 5. The molecule has 0 bridgehead atoms. The molecule has 1 atom stereocenters. The highest BCUT2D eigenvalue weighted by Gasteiger charge is 2.06. The average Bonchev–Trinajstić information content (AvgIpc) is 3.22. The summed E-state index contributed by atoms with van der Waals surface area (Å²) in [5, 5.41) is 0. The van der Waals surface area contributed by atoms with Crippen molar-refractivity contribution in [3.8, 4) is 0 Å². The standard InChI is InChI=1S/C14H26N2.C3H4N2/c1-3-5-6-7-8-9-10-14(4-2)16-12-11-15-13-16;1-2-5-3-4-1/h11-14H,3-10H2,1-2H3;1-3H,(H,4,5). The molecule has 0 spiro atoms. The van der Waals surface area contributed by atoms with Crippen LogP contribution in [0.3, 0.4) is 0 Å². The van der Waals surface area contributed by atoms with Gasteiger partial charge in [-0.1, -0.05) is 52.4 Å². The molecule has 0 saturated heterocycles. The van der Waals surface area contributed by atoms with Gasteiger partial charge in [-0.3, -0.25) is 0 Å². The molecule has 2 aromatic rings. The van der Waals surface area contributed by atoms with Crippen molar-refractivity contribution in [2.75, 3.05) is 0 Å². The van der Waals surface area contributed by atoms with Crippen LogP contribution < -0.4 is 0 Å². The van der Waals surface area contributed by atoms with E-state index in [0.717, 1.165) is 0 Å². The molecule has 0 amide bonds. The molecule has 0 aliphatic carbocycles. The first-order valence-corrected chi connectivity index (χ1v) is 8.28. The van der Waals surface area contributed by atoms with Crippen LogP contribution in [0, 0.1) is 0 Å². The van der Waals surface area contributed by atoms with E-state index < -0.39 is 0 Å². The Morgan fingerprint density at radius 2 is 1.81 bits per heavy atom. The molecule has 2 aromatic heterocycles. The third kappa shape index (κ3) is 8.33. The summed E-state index contributed by atoms with van der Waals surface area (Å²) < 4.78 is 2.26. The molecule has 4 nitrogen and oxygen atoms in total. The first-order chi connectivity index (χ1) is 10.4. The lowest BCUT2D eigenvalue weighted by molar-refractivity contribution is 0.425. The van der Waals surface area contributed by atoms with Crippen molar-refractivity contribution >= 4 is 0 Å². The molecule has 1 unspecified atom stereocenters. The molecule has 0 aliphatic rings. The Morgan fingerprint density at radius 3 is 2.33 bits per heavy atom. The van der Waals surface area contributed by atoms with E-state index >= 15 is 0 Å². The number of rotatable bonds is 9. The normalized spacial score (nSPS) is 11.7. The number of nitrogens with one attached hydrogen (secondary N) is 1. The lowest BCUT2D eigenvalue weighted by Gasteiger charge is -2.16. The summed E-state index contributed by atoms with van der Waals surface area (Å²) in [5.74, 6) is 0. The third-order valence-corrected chi connectivity index (χ3v) is 3.71. The third-order valence-electron chi connectivity index (χ3n) is 3.71. The van der Waals surface area contributed by atoms with Crippen molar-refractivity contribution in [1.82, 2.24) is 19.5 Å². The Bertz CT molecular complexity index is 377. The average molecular weight is 290 g/mol. The maximum absolute atomic E-state index is 4.12. The predicted octanol–water partition coefficient (Wildman–Crippen LogP) is 4.99. The molecule has 2 heterocycles. The Kier molecular flexibility index (Phi) is 10.1. The van der Waals surface area contributed by atoms with Crippen LogP contribution in [-0.2, 0) is 0 Å². The van der Waals surface area contributed by atoms with E-state index in [9.17, 15) is 0 Å². The van der Waals surface area contributed by atoms with Crippen molar-refractivity contribution in [3.63, 3.8) is 0 Å². The molecule has 0 aromatic carbocycles. The van der Waals surface area contributed by atoms with Crippen molar-refractivity contribution < 1.29 is 0 Å². The van der Waals surface area contributed by atoms with Crippen LogP contribution in [0.15, 0.2) is 37.4 Å². The first kappa shape index (κ1) is 17.5. The summed E-state index contributed by atoms with van der Waals surface area (Å²) in [6.07, 6.45) is 21.8. The van der Waals surface area contributed by atoms with E-state index in [0.29, 0.717) is 6.04 Å². The maximum Gasteiger partial charge on any atom is 0.0948 e. The van der Waals surface area contributed by atoms with Gasteiger partial charge < -0.3 is 9.55 Å². The number of aromatic amines is 1. The highest BCUT2D eigenvalue weighted by Crippen LogP contribution is 2.19. The van der Waals surface area contributed by atoms with Gasteiger partial charge in [0.15, 0.2) is 0 Å². The monoisotopic (exact) mass is 290 g/mol. The zero-order valence-corrected chi connectivity index (χ0v) is 13.5. The Balaban J connectivity index is 0.000000369. The molecule has 1 N–H and O–H groups in total. The van der Waals surface area contributed by atoms with E-state index in [2.05, 4.69) is 39.6 Å². The zero-order chi connectivity index (χ0) is 15.2. The molecule has 2 rings (SSSR count). The van der Waals surface area contributed by atoms with Crippen LogP contribution in [-0.4, -0.2) is 19.5 Å². The van der Waals surface area contributed by atoms with Crippen molar-refractivity contribution in [1.29, 1.82) is 0 Å². The summed E-state index contributed by atoms with van der Waals surface area (Å²) in [4.78, 5) is 10.5. The highest BCUT2D eigenvalue weighted by molar-refractivity contribution is 4.79. The second-order valence-corrected chi connectivity index (χ2v) is 5.39. The molecule has 0 saturated carbocycles. The van der Waals surface area contributed by atoms with E-state index in [4.69, 9.17) is 0 Å². The van der Waals surface area contributed by atoms with Gasteiger partial charge in [0.05, 0.1) is 12.7 Å². The SMILES string of the molecule is CCCCCCCCC(CC)n1ccnc1.c1c[nH]cn1. The van der Waals surface area contributed by atoms with Crippen LogP contribution in [0.4, 0.5) is 0 Å². The number of H-pyrrole nitrogens is 1. The molecular formula is C17H30N4. The Morgan fingerprint density at radius 1 is 1.00 bits per heavy atom. The predicted molar refractivity (Wildman–Crippen MR) is 88.1 cm³/mol. The molecule has 118 valence electrons. The second kappa shape index (κ2) is 12.2. The molecule has 0 fully saturated rings. The highest BCUT2D eigenvalue weighted by atomic mass is 15.0.